The summed E-state index contributed by atoms with van der Waals surface area (Å²) in [5.41, 5.74) is 0.579. The molecule has 0 amide bonds. The van der Waals surface area contributed by atoms with Gasteiger partial charge in [0.15, 0.2) is 0 Å². The van der Waals surface area contributed by atoms with E-state index in [0.717, 1.165) is 25.0 Å². The van der Waals surface area contributed by atoms with Gasteiger partial charge in [0.2, 0.25) is 15.9 Å². The largest absolute Gasteiger partial charge is 0.493 e. The Bertz CT molecular complexity index is 1110. The molecule has 0 bridgehead atoms. The van der Waals surface area contributed by atoms with E-state index in [9.17, 15) is 8.42 Å². The van der Waals surface area contributed by atoms with E-state index in [1.165, 1.54) is 11.8 Å². The number of sulfonamides is 1. The average molecular weight is 480 g/mol. The number of rotatable bonds is 8. The summed E-state index contributed by atoms with van der Waals surface area (Å²) in [5, 5.41) is 9.17. The lowest BCUT2D eigenvalue weighted by Crippen LogP contribution is -2.35. The Kier molecular flexibility index (Phi) is 7.16. The molecule has 0 saturated carbocycles. The van der Waals surface area contributed by atoms with E-state index in [1.54, 1.807) is 40.7 Å². The lowest BCUT2D eigenvalue weighted by molar-refractivity contribution is 0.343. The van der Waals surface area contributed by atoms with E-state index in [0.29, 0.717) is 41.3 Å². The molecule has 1 fully saturated rings. The SMILES string of the molecule is O=S(=O)(c1cccc(-c2nnc(SCCOc3ccc(Cl)cc3)o2)c1)N1CCCCC1. The van der Waals surface area contributed by atoms with Crippen molar-refractivity contribution < 1.29 is 17.6 Å². The number of piperidine rings is 1. The van der Waals surface area contributed by atoms with Crippen LogP contribution < -0.4 is 4.74 Å². The lowest BCUT2D eigenvalue weighted by atomic mass is 10.2. The highest BCUT2D eigenvalue weighted by Gasteiger charge is 2.26. The first-order valence-corrected chi connectivity index (χ1v) is 12.8. The Morgan fingerprint density at radius 3 is 2.61 bits per heavy atom. The predicted octanol–water partition coefficient (Wildman–Crippen LogP) is 4.74. The van der Waals surface area contributed by atoms with Crippen molar-refractivity contribution in [1.29, 1.82) is 0 Å². The zero-order valence-corrected chi connectivity index (χ0v) is 19.1. The molecule has 1 saturated heterocycles. The zero-order chi connectivity index (χ0) is 21.7. The number of thioether (sulfide) groups is 1. The molecule has 3 aromatic rings. The maximum atomic E-state index is 12.9. The quantitative estimate of drug-likeness (QED) is 0.341. The minimum atomic E-state index is -3.52. The van der Waals surface area contributed by atoms with Crippen LogP contribution in [0.15, 0.2) is 63.1 Å². The molecule has 2 heterocycles. The third-order valence-electron chi connectivity index (χ3n) is 4.83. The molecule has 1 aliphatic heterocycles. The average Bonchev–Trinajstić information content (AvgIpc) is 3.28. The summed E-state index contributed by atoms with van der Waals surface area (Å²) in [5.74, 6) is 1.65. The number of hydrogen-bond acceptors (Lipinski definition) is 7. The first-order chi connectivity index (χ1) is 15.0. The molecule has 0 N–H and O–H groups in total. The van der Waals surface area contributed by atoms with Gasteiger partial charge in [0.25, 0.3) is 5.22 Å². The fourth-order valence-corrected chi connectivity index (χ4v) is 5.52. The van der Waals surface area contributed by atoms with Gasteiger partial charge in [0.05, 0.1) is 11.5 Å². The molecule has 31 heavy (non-hydrogen) atoms. The second kappa shape index (κ2) is 10.0. The topological polar surface area (TPSA) is 85.5 Å². The molecular formula is C21H22ClN3O4S2. The Hall–Kier alpha value is -2.07. The second-order valence-corrected chi connectivity index (χ2v) is 10.4. The first-order valence-electron chi connectivity index (χ1n) is 9.98. The molecule has 1 aliphatic rings. The van der Waals surface area contributed by atoms with Crippen molar-refractivity contribution >= 4 is 33.4 Å². The summed E-state index contributed by atoms with van der Waals surface area (Å²) in [4.78, 5) is 0.246. The minimum absolute atomic E-state index is 0.246. The summed E-state index contributed by atoms with van der Waals surface area (Å²) in [6.07, 6.45) is 2.86. The van der Waals surface area contributed by atoms with Crippen LogP contribution in [0.4, 0.5) is 0 Å². The van der Waals surface area contributed by atoms with Crippen LogP contribution in [0, 0.1) is 0 Å². The summed E-state index contributed by atoms with van der Waals surface area (Å²) in [6, 6.07) is 13.8. The van der Waals surface area contributed by atoms with Crippen LogP contribution in [0.5, 0.6) is 5.75 Å². The molecule has 4 rings (SSSR count). The molecular weight excluding hydrogens is 458 g/mol. The van der Waals surface area contributed by atoms with Gasteiger partial charge >= 0.3 is 0 Å². The van der Waals surface area contributed by atoms with Gasteiger partial charge in [-0.15, -0.1) is 10.2 Å². The van der Waals surface area contributed by atoms with Crippen molar-refractivity contribution in [2.24, 2.45) is 0 Å². The molecule has 0 unspecified atom stereocenters. The molecule has 0 spiro atoms. The van der Waals surface area contributed by atoms with E-state index in [4.69, 9.17) is 20.8 Å². The number of ether oxygens (including phenoxy) is 1. The molecule has 7 nitrogen and oxygen atoms in total. The fraction of sp³-hybridized carbons (Fsp3) is 0.333. The highest BCUT2D eigenvalue weighted by molar-refractivity contribution is 7.99. The van der Waals surface area contributed by atoms with Crippen LogP contribution in [-0.4, -0.2) is 48.4 Å². The van der Waals surface area contributed by atoms with E-state index in [-0.39, 0.29) is 10.8 Å². The lowest BCUT2D eigenvalue weighted by Gasteiger charge is -2.25. The predicted molar refractivity (Wildman–Crippen MR) is 120 cm³/mol. The molecule has 0 radical (unpaired) electrons. The van der Waals surface area contributed by atoms with Gasteiger partial charge in [-0.3, -0.25) is 0 Å². The van der Waals surface area contributed by atoms with Crippen LogP contribution in [0.1, 0.15) is 19.3 Å². The number of aromatic nitrogens is 2. The first kappa shape index (κ1) is 22.1. The Labute approximate surface area is 190 Å². The summed E-state index contributed by atoms with van der Waals surface area (Å²) in [7, 11) is -3.52. The van der Waals surface area contributed by atoms with Gasteiger partial charge in [-0.05, 0) is 55.3 Å². The van der Waals surface area contributed by atoms with Gasteiger partial charge in [0, 0.05) is 29.4 Å². The number of hydrogen-bond donors (Lipinski definition) is 0. The van der Waals surface area contributed by atoms with Gasteiger partial charge in [0.1, 0.15) is 5.75 Å². The van der Waals surface area contributed by atoms with E-state index < -0.39 is 10.0 Å². The zero-order valence-electron chi connectivity index (χ0n) is 16.7. The van der Waals surface area contributed by atoms with Gasteiger partial charge < -0.3 is 9.15 Å². The normalized spacial score (nSPS) is 15.1. The maximum absolute atomic E-state index is 12.9. The van der Waals surface area contributed by atoms with Gasteiger partial charge in [-0.25, -0.2) is 8.42 Å². The van der Waals surface area contributed by atoms with Gasteiger partial charge in [-0.1, -0.05) is 35.9 Å². The number of halogens is 1. The van der Waals surface area contributed by atoms with Crippen molar-refractivity contribution in [3.8, 4) is 17.2 Å². The number of benzene rings is 2. The van der Waals surface area contributed by atoms with Crippen LogP contribution in [0.25, 0.3) is 11.5 Å². The highest BCUT2D eigenvalue weighted by atomic mass is 35.5. The van der Waals surface area contributed by atoms with Crippen LogP contribution >= 0.6 is 23.4 Å². The van der Waals surface area contributed by atoms with Crippen LogP contribution in [0.2, 0.25) is 5.02 Å². The van der Waals surface area contributed by atoms with Crippen molar-refractivity contribution in [2.45, 2.75) is 29.4 Å². The molecule has 10 heteroatoms. The van der Waals surface area contributed by atoms with Crippen molar-refractivity contribution in [3.63, 3.8) is 0 Å². The van der Waals surface area contributed by atoms with Crippen molar-refractivity contribution in [1.82, 2.24) is 14.5 Å². The molecule has 0 atom stereocenters. The third-order valence-corrected chi connectivity index (χ3v) is 7.76. The van der Waals surface area contributed by atoms with Crippen molar-refractivity contribution in [3.05, 3.63) is 53.6 Å². The van der Waals surface area contributed by atoms with Crippen LogP contribution in [0.3, 0.4) is 0 Å². The summed E-state index contributed by atoms with van der Waals surface area (Å²) in [6.45, 7) is 1.59. The highest BCUT2D eigenvalue weighted by Crippen LogP contribution is 2.27. The molecule has 1 aromatic heterocycles. The second-order valence-electron chi connectivity index (χ2n) is 7.02. The van der Waals surface area contributed by atoms with E-state index in [2.05, 4.69) is 10.2 Å². The Morgan fingerprint density at radius 1 is 1.06 bits per heavy atom. The van der Waals surface area contributed by atoms with Crippen molar-refractivity contribution in [2.75, 3.05) is 25.4 Å². The standard InChI is InChI=1S/C21H22ClN3O4S2/c22-17-7-9-18(10-8-17)28-13-14-30-21-24-23-20(29-21)16-5-4-6-19(15-16)31(26,27)25-11-2-1-3-12-25/h4-10,15H,1-3,11-14H2. The molecule has 164 valence electrons. The van der Waals surface area contributed by atoms with E-state index in [1.807, 2.05) is 12.1 Å². The summed E-state index contributed by atoms with van der Waals surface area (Å²) < 4.78 is 38.7. The number of nitrogens with zero attached hydrogens (tertiary/aromatic N) is 3. The van der Waals surface area contributed by atoms with E-state index >= 15 is 0 Å². The monoisotopic (exact) mass is 479 g/mol. The smallest absolute Gasteiger partial charge is 0.276 e. The minimum Gasteiger partial charge on any atom is -0.493 e. The summed E-state index contributed by atoms with van der Waals surface area (Å²) >= 11 is 7.23. The third kappa shape index (κ3) is 5.60. The Morgan fingerprint density at radius 2 is 1.84 bits per heavy atom. The Balaban J connectivity index is 1.37. The van der Waals surface area contributed by atoms with Gasteiger partial charge in [-0.2, -0.15) is 4.31 Å². The van der Waals surface area contributed by atoms with Crippen LogP contribution in [-0.2, 0) is 10.0 Å². The fourth-order valence-electron chi connectivity index (χ4n) is 3.25. The molecule has 0 aliphatic carbocycles. The maximum Gasteiger partial charge on any atom is 0.276 e. The molecule has 2 aromatic carbocycles.